The number of hydrogen-bond acceptors (Lipinski definition) is 3. The molecular formula is C29H50O3. The first-order chi connectivity index (χ1) is 15.2. The molecule has 4 atom stereocenters. The highest BCUT2D eigenvalue weighted by Crippen LogP contribution is 2.27. The Morgan fingerprint density at radius 2 is 1.31 bits per heavy atom. The van der Waals surface area contributed by atoms with Crippen molar-refractivity contribution in [3.05, 3.63) is 23.0 Å². The van der Waals surface area contributed by atoms with Gasteiger partial charge in [-0.2, -0.15) is 0 Å². The second-order valence-electron chi connectivity index (χ2n) is 10.7. The lowest BCUT2D eigenvalue weighted by atomic mass is 9.84. The number of Topliss-reactive ketones (excluding diaryl/α,β-unsaturated/α-hetero) is 1. The van der Waals surface area contributed by atoms with Gasteiger partial charge in [0.1, 0.15) is 0 Å². The van der Waals surface area contributed by atoms with Gasteiger partial charge in [-0.25, -0.2) is 0 Å². The van der Waals surface area contributed by atoms with E-state index in [2.05, 4.69) is 34.6 Å². The van der Waals surface area contributed by atoms with Crippen molar-refractivity contribution >= 4 is 11.6 Å². The summed E-state index contributed by atoms with van der Waals surface area (Å²) in [5, 5.41) is 0. The highest BCUT2D eigenvalue weighted by Gasteiger charge is 2.26. The van der Waals surface area contributed by atoms with E-state index >= 15 is 0 Å². The van der Waals surface area contributed by atoms with Gasteiger partial charge in [-0.1, -0.05) is 79.6 Å². The van der Waals surface area contributed by atoms with Crippen LogP contribution in [0.25, 0.3) is 0 Å². The van der Waals surface area contributed by atoms with Crippen molar-refractivity contribution in [1.82, 2.24) is 0 Å². The summed E-state index contributed by atoms with van der Waals surface area (Å²) in [6.45, 7) is 13.7. The molecule has 0 saturated carbocycles. The smallest absolute Gasteiger partial charge is 0.224 e. The van der Waals surface area contributed by atoms with Crippen LogP contribution in [0.15, 0.2) is 23.0 Å². The molecule has 0 saturated heterocycles. The fourth-order valence-corrected chi connectivity index (χ4v) is 5.25. The van der Waals surface area contributed by atoms with Crippen LogP contribution in [0, 0.1) is 23.7 Å². The standard InChI is InChI=1S/C29H50O3/c1-8-21(2)17-23(4)19-24(5)18-22(3)15-13-11-9-10-12-14-16-26-25(6)27(30)20-28(32-7)29(26)31/h20-24H,8-19H2,1-7H3. The highest BCUT2D eigenvalue weighted by atomic mass is 16.5. The fourth-order valence-electron chi connectivity index (χ4n) is 5.25. The number of ketones is 2. The third-order valence-electron chi connectivity index (χ3n) is 7.29. The Labute approximate surface area is 198 Å². The molecule has 0 amide bonds. The van der Waals surface area contributed by atoms with Gasteiger partial charge in [0.25, 0.3) is 0 Å². The first-order valence-electron chi connectivity index (χ1n) is 13.2. The molecule has 0 radical (unpaired) electrons. The Kier molecular flexibility index (Phi) is 13.8. The first kappa shape index (κ1) is 28.7. The van der Waals surface area contributed by atoms with Gasteiger partial charge in [0, 0.05) is 17.2 Å². The summed E-state index contributed by atoms with van der Waals surface area (Å²) in [7, 11) is 1.45. The van der Waals surface area contributed by atoms with E-state index in [1.807, 2.05) is 0 Å². The van der Waals surface area contributed by atoms with Gasteiger partial charge in [0.15, 0.2) is 11.5 Å². The van der Waals surface area contributed by atoms with Gasteiger partial charge in [0.05, 0.1) is 7.11 Å². The maximum atomic E-state index is 12.4. The lowest BCUT2D eigenvalue weighted by molar-refractivity contribution is -0.118. The average molecular weight is 447 g/mol. The Morgan fingerprint density at radius 3 is 1.91 bits per heavy atom. The van der Waals surface area contributed by atoms with Gasteiger partial charge < -0.3 is 4.74 Å². The van der Waals surface area contributed by atoms with Crippen LogP contribution < -0.4 is 0 Å². The third-order valence-corrected chi connectivity index (χ3v) is 7.29. The minimum atomic E-state index is -0.109. The number of unbranched alkanes of at least 4 members (excludes halogenated alkanes) is 5. The molecule has 0 aromatic heterocycles. The van der Waals surface area contributed by atoms with Crippen LogP contribution in [0.5, 0.6) is 0 Å². The molecule has 0 aromatic rings. The van der Waals surface area contributed by atoms with E-state index in [0.29, 0.717) is 17.6 Å². The largest absolute Gasteiger partial charge is 0.493 e. The van der Waals surface area contributed by atoms with Crippen LogP contribution in [0.1, 0.15) is 119 Å². The van der Waals surface area contributed by atoms with Crippen LogP contribution in [0.2, 0.25) is 0 Å². The molecule has 32 heavy (non-hydrogen) atoms. The minimum absolute atomic E-state index is 0.0927. The molecule has 1 aliphatic rings. The Morgan fingerprint density at radius 1 is 0.781 bits per heavy atom. The van der Waals surface area contributed by atoms with Crippen LogP contribution in [0.3, 0.4) is 0 Å². The van der Waals surface area contributed by atoms with E-state index in [-0.39, 0.29) is 17.3 Å². The second-order valence-corrected chi connectivity index (χ2v) is 10.7. The van der Waals surface area contributed by atoms with E-state index in [4.69, 9.17) is 4.74 Å². The van der Waals surface area contributed by atoms with Gasteiger partial charge in [-0.05, 0) is 62.7 Å². The summed E-state index contributed by atoms with van der Waals surface area (Å²) in [5.74, 6) is 3.36. The Hall–Kier alpha value is -1.38. The quantitative estimate of drug-likeness (QED) is 0.167. The molecule has 4 unspecified atom stereocenters. The van der Waals surface area contributed by atoms with Gasteiger partial charge >= 0.3 is 0 Å². The Bertz CT molecular complexity index is 643. The molecule has 1 aliphatic carbocycles. The zero-order chi connectivity index (χ0) is 24.1. The predicted molar refractivity (Wildman–Crippen MR) is 136 cm³/mol. The molecular weight excluding hydrogens is 396 g/mol. The maximum Gasteiger partial charge on any atom is 0.224 e. The summed E-state index contributed by atoms with van der Waals surface area (Å²) < 4.78 is 5.06. The summed E-state index contributed by atoms with van der Waals surface area (Å²) in [6.07, 6.45) is 15.9. The lowest BCUT2D eigenvalue weighted by Crippen LogP contribution is -2.19. The number of carbonyl (C=O) groups is 2. The summed E-state index contributed by atoms with van der Waals surface area (Å²) in [5.41, 5.74) is 1.24. The van der Waals surface area contributed by atoms with Gasteiger partial charge in [-0.3, -0.25) is 9.59 Å². The minimum Gasteiger partial charge on any atom is -0.493 e. The van der Waals surface area contributed by atoms with E-state index in [9.17, 15) is 9.59 Å². The monoisotopic (exact) mass is 446 g/mol. The van der Waals surface area contributed by atoms with E-state index in [1.165, 1.54) is 71.0 Å². The second kappa shape index (κ2) is 15.5. The van der Waals surface area contributed by atoms with E-state index in [0.717, 1.165) is 36.5 Å². The molecule has 0 spiro atoms. The first-order valence-corrected chi connectivity index (χ1v) is 13.2. The van der Waals surface area contributed by atoms with Crippen molar-refractivity contribution in [2.75, 3.05) is 7.11 Å². The van der Waals surface area contributed by atoms with Crippen molar-refractivity contribution < 1.29 is 14.3 Å². The van der Waals surface area contributed by atoms with Crippen molar-refractivity contribution in [3.63, 3.8) is 0 Å². The lowest BCUT2D eigenvalue weighted by Gasteiger charge is -2.22. The zero-order valence-corrected chi connectivity index (χ0v) is 22.1. The normalized spacial score (nSPS) is 18.4. The number of ether oxygens (including phenoxy) is 1. The SMILES string of the molecule is CCC(C)CC(C)CC(C)CC(C)CCCCCCCCC1=C(C)C(=O)C=C(OC)C1=O. The highest BCUT2D eigenvalue weighted by molar-refractivity contribution is 6.21. The van der Waals surface area contributed by atoms with Crippen LogP contribution in [-0.4, -0.2) is 18.7 Å². The topological polar surface area (TPSA) is 43.4 Å². The number of allylic oxidation sites excluding steroid dienone is 3. The molecule has 3 heteroatoms. The van der Waals surface area contributed by atoms with Crippen LogP contribution in [-0.2, 0) is 14.3 Å². The predicted octanol–water partition coefficient (Wildman–Crippen LogP) is 8.23. The van der Waals surface area contributed by atoms with E-state index < -0.39 is 0 Å². The molecule has 0 aromatic carbocycles. The van der Waals surface area contributed by atoms with E-state index in [1.54, 1.807) is 6.92 Å². The molecule has 0 bridgehead atoms. The number of methoxy groups -OCH3 is 1. The summed E-state index contributed by atoms with van der Waals surface area (Å²) in [4.78, 5) is 24.4. The fraction of sp³-hybridized carbons (Fsp3) is 0.793. The van der Waals surface area contributed by atoms with Crippen LogP contribution in [0.4, 0.5) is 0 Å². The Balaban J connectivity index is 2.13. The van der Waals surface area contributed by atoms with Crippen molar-refractivity contribution in [1.29, 1.82) is 0 Å². The molecule has 3 nitrogen and oxygen atoms in total. The molecule has 0 fully saturated rings. The number of carbonyl (C=O) groups excluding carboxylic acids is 2. The number of rotatable bonds is 17. The molecule has 0 aliphatic heterocycles. The summed E-state index contributed by atoms with van der Waals surface area (Å²) >= 11 is 0. The third kappa shape index (κ3) is 10.5. The molecule has 0 heterocycles. The zero-order valence-electron chi connectivity index (χ0n) is 22.1. The molecule has 0 N–H and O–H groups in total. The van der Waals surface area contributed by atoms with Crippen LogP contribution >= 0.6 is 0 Å². The number of hydrogen-bond donors (Lipinski definition) is 0. The maximum absolute atomic E-state index is 12.4. The van der Waals surface area contributed by atoms with Crippen molar-refractivity contribution in [2.24, 2.45) is 23.7 Å². The summed E-state index contributed by atoms with van der Waals surface area (Å²) in [6, 6.07) is 0. The molecule has 1 rings (SSSR count). The van der Waals surface area contributed by atoms with Gasteiger partial charge in [0.2, 0.25) is 5.78 Å². The average Bonchev–Trinajstić information content (AvgIpc) is 2.74. The molecule has 184 valence electrons. The van der Waals surface area contributed by atoms with Gasteiger partial charge in [-0.15, -0.1) is 0 Å². The van der Waals surface area contributed by atoms with Crippen molar-refractivity contribution in [2.45, 2.75) is 119 Å². The van der Waals surface area contributed by atoms with Crippen molar-refractivity contribution in [3.8, 4) is 0 Å².